The van der Waals surface area contributed by atoms with Crippen LogP contribution in [0, 0.1) is 13.8 Å². The Morgan fingerprint density at radius 2 is 1.95 bits per heavy atom. The van der Waals surface area contributed by atoms with Crippen molar-refractivity contribution >= 4 is 34.1 Å². The van der Waals surface area contributed by atoms with Crippen LogP contribution in [-0.4, -0.2) is 21.4 Å². The van der Waals surface area contributed by atoms with E-state index in [1.54, 1.807) is 0 Å². The Hall–Kier alpha value is -1.40. The maximum absolute atomic E-state index is 12.0. The maximum atomic E-state index is 12.0. The number of aryl methyl sites for hydroxylation is 2. The quantitative estimate of drug-likeness (QED) is 0.879. The van der Waals surface area contributed by atoms with Crippen LogP contribution in [0.3, 0.4) is 0 Å². The van der Waals surface area contributed by atoms with Crippen molar-refractivity contribution in [3.05, 3.63) is 34.8 Å². The molecule has 100 valence electrons. The summed E-state index contributed by atoms with van der Waals surface area (Å²) in [6.45, 7) is 5.79. The largest absolute Gasteiger partial charge is 0.300 e. The molecule has 0 fully saturated rings. The van der Waals surface area contributed by atoms with Crippen LogP contribution < -0.4 is 5.32 Å². The van der Waals surface area contributed by atoms with Crippen molar-refractivity contribution < 1.29 is 4.79 Å². The molecular weight excluding hydrogens is 278 g/mol. The standard InChI is InChI=1S/C13H15N3OS2/c1-8-4-6-11(7-5-8)18-9(2)12(17)14-13-16-15-10(3)19-13/h4-7,9H,1-3H3,(H,14,16,17). The second kappa shape index (κ2) is 6.16. The minimum atomic E-state index is -0.174. The normalized spacial score (nSPS) is 12.2. The minimum Gasteiger partial charge on any atom is -0.300 e. The van der Waals surface area contributed by atoms with Crippen LogP contribution in [0.5, 0.6) is 0 Å². The number of nitrogens with one attached hydrogen (secondary N) is 1. The number of hydrogen-bond acceptors (Lipinski definition) is 5. The third kappa shape index (κ3) is 4.04. The van der Waals surface area contributed by atoms with Crippen molar-refractivity contribution in [1.82, 2.24) is 10.2 Å². The number of aromatic nitrogens is 2. The molecule has 0 bridgehead atoms. The third-order valence-corrected chi connectivity index (χ3v) is 4.33. The zero-order valence-corrected chi connectivity index (χ0v) is 12.6. The smallest absolute Gasteiger partial charge is 0.239 e. The van der Waals surface area contributed by atoms with E-state index in [9.17, 15) is 4.79 Å². The summed E-state index contributed by atoms with van der Waals surface area (Å²) < 4.78 is 0. The van der Waals surface area contributed by atoms with Gasteiger partial charge < -0.3 is 0 Å². The van der Waals surface area contributed by atoms with Gasteiger partial charge in [-0.15, -0.1) is 22.0 Å². The molecule has 1 atom stereocenters. The molecule has 1 aromatic heterocycles. The molecule has 0 aliphatic heterocycles. The number of hydrogen-bond donors (Lipinski definition) is 1. The van der Waals surface area contributed by atoms with Gasteiger partial charge in [0.25, 0.3) is 0 Å². The zero-order chi connectivity index (χ0) is 13.8. The topological polar surface area (TPSA) is 54.9 Å². The van der Waals surface area contributed by atoms with Gasteiger partial charge in [-0.3, -0.25) is 10.1 Å². The Kier molecular flexibility index (Phi) is 4.55. The van der Waals surface area contributed by atoms with E-state index >= 15 is 0 Å². The molecule has 0 spiro atoms. The van der Waals surface area contributed by atoms with Gasteiger partial charge in [0.05, 0.1) is 5.25 Å². The molecule has 0 saturated carbocycles. The third-order valence-electron chi connectivity index (χ3n) is 2.46. The van der Waals surface area contributed by atoms with Gasteiger partial charge in [-0.1, -0.05) is 29.0 Å². The molecule has 4 nitrogen and oxygen atoms in total. The highest BCUT2D eigenvalue weighted by molar-refractivity contribution is 8.00. The number of carbonyl (C=O) groups excluding carboxylic acids is 1. The molecule has 1 amide bonds. The van der Waals surface area contributed by atoms with E-state index in [0.717, 1.165) is 9.90 Å². The number of benzene rings is 1. The summed E-state index contributed by atoms with van der Waals surface area (Å²) in [5, 5.41) is 11.8. The zero-order valence-electron chi connectivity index (χ0n) is 11.0. The Morgan fingerprint density at radius 3 is 2.53 bits per heavy atom. The first-order valence-electron chi connectivity index (χ1n) is 5.89. The van der Waals surface area contributed by atoms with Crippen LogP contribution in [-0.2, 0) is 4.79 Å². The molecule has 0 aliphatic rings. The summed E-state index contributed by atoms with van der Waals surface area (Å²) in [7, 11) is 0. The van der Waals surface area contributed by atoms with Crippen molar-refractivity contribution in [1.29, 1.82) is 0 Å². The molecule has 2 rings (SSSR count). The van der Waals surface area contributed by atoms with Crippen LogP contribution >= 0.6 is 23.1 Å². The molecule has 1 heterocycles. The molecule has 1 N–H and O–H groups in total. The number of rotatable bonds is 4. The summed E-state index contributed by atoms with van der Waals surface area (Å²) in [5.74, 6) is -0.0540. The van der Waals surface area contributed by atoms with Crippen LogP contribution in [0.25, 0.3) is 0 Å². The van der Waals surface area contributed by atoms with Gasteiger partial charge in [-0.25, -0.2) is 0 Å². The van der Waals surface area contributed by atoms with Gasteiger partial charge >= 0.3 is 0 Å². The summed E-state index contributed by atoms with van der Waals surface area (Å²) in [6, 6.07) is 8.14. The lowest BCUT2D eigenvalue weighted by Gasteiger charge is -2.10. The van der Waals surface area contributed by atoms with E-state index in [-0.39, 0.29) is 11.2 Å². The van der Waals surface area contributed by atoms with E-state index in [0.29, 0.717) is 5.13 Å². The molecule has 0 aliphatic carbocycles. The average molecular weight is 293 g/mol. The molecule has 2 aromatic rings. The van der Waals surface area contributed by atoms with Crippen LogP contribution in [0.4, 0.5) is 5.13 Å². The first kappa shape index (κ1) is 14.0. The highest BCUT2D eigenvalue weighted by Gasteiger charge is 2.16. The number of thioether (sulfide) groups is 1. The first-order valence-corrected chi connectivity index (χ1v) is 7.58. The van der Waals surface area contributed by atoms with Crippen molar-refractivity contribution in [2.75, 3.05) is 5.32 Å². The number of nitrogens with zero attached hydrogens (tertiary/aromatic N) is 2. The monoisotopic (exact) mass is 293 g/mol. The number of amides is 1. The molecular formula is C13H15N3OS2. The Bertz CT molecular complexity index is 566. The maximum Gasteiger partial charge on any atom is 0.239 e. The summed E-state index contributed by atoms with van der Waals surface area (Å²) in [5.41, 5.74) is 1.21. The van der Waals surface area contributed by atoms with Gasteiger partial charge in [0.15, 0.2) is 0 Å². The summed E-state index contributed by atoms with van der Waals surface area (Å²) in [6.07, 6.45) is 0. The number of anilines is 1. The second-order valence-corrected chi connectivity index (χ2v) is 6.78. The van der Waals surface area contributed by atoms with E-state index in [2.05, 4.69) is 15.5 Å². The van der Waals surface area contributed by atoms with E-state index in [4.69, 9.17) is 0 Å². The minimum absolute atomic E-state index is 0.0540. The molecule has 19 heavy (non-hydrogen) atoms. The van der Waals surface area contributed by atoms with Crippen molar-refractivity contribution in [3.8, 4) is 0 Å². The molecule has 0 saturated heterocycles. The molecule has 6 heteroatoms. The first-order chi connectivity index (χ1) is 9.04. The lowest BCUT2D eigenvalue weighted by atomic mass is 10.2. The predicted octanol–water partition coefficient (Wildman–Crippen LogP) is 3.27. The molecule has 1 unspecified atom stereocenters. The summed E-state index contributed by atoms with van der Waals surface area (Å²) >= 11 is 2.91. The molecule has 1 aromatic carbocycles. The van der Waals surface area contributed by atoms with Gasteiger partial charge in [-0.05, 0) is 32.9 Å². The Balaban J connectivity index is 1.94. The highest BCUT2D eigenvalue weighted by Crippen LogP contribution is 2.24. The SMILES string of the molecule is Cc1ccc(SC(C)C(=O)Nc2nnc(C)s2)cc1. The van der Waals surface area contributed by atoms with E-state index < -0.39 is 0 Å². The van der Waals surface area contributed by atoms with Gasteiger partial charge in [0.1, 0.15) is 5.01 Å². The Labute approximate surface area is 120 Å². The highest BCUT2D eigenvalue weighted by atomic mass is 32.2. The predicted molar refractivity (Wildman–Crippen MR) is 79.8 cm³/mol. The summed E-state index contributed by atoms with van der Waals surface area (Å²) in [4.78, 5) is 13.1. The van der Waals surface area contributed by atoms with Gasteiger partial charge in [0, 0.05) is 4.90 Å². The van der Waals surface area contributed by atoms with E-state index in [1.165, 1.54) is 28.7 Å². The number of carbonyl (C=O) groups is 1. The fourth-order valence-electron chi connectivity index (χ4n) is 1.43. The Morgan fingerprint density at radius 1 is 1.26 bits per heavy atom. The lowest BCUT2D eigenvalue weighted by molar-refractivity contribution is -0.115. The van der Waals surface area contributed by atoms with Crippen molar-refractivity contribution in [2.45, 2.75) is 30.9 Å². The van der Waals surface area contributed by atoms with Crippen LogP contribution in [0.15, 0.2) is 29.2 Å². The van der Waals surface area contributed by atoms with Gasteiger partial charge in [-0.2, -0.15) is 0 Å². The van der Waals surface area contributed by atoms with Gasteiger partial charge in [0.2, 0.25) is 11.0 Å². The van der Waals surface area contributed by atoms with Crippen molar-refractivity contribution in [3.63, 3.8) is 0 Å². The fraction of sp³-hybridized carbons (Fsp3) is 0.308. The van der Waals surface area contributed by atoms with E-state index in [1.807, 2.05) is 45.0 Å². The van der Waals surface area contributed by atoms with Crippen LogP contribution in [0.1, 0.15) is 17.5 Å². The van der Waals surface area contributed by atoms with Crippen molar-refractivity contribution in [2.24, 2.45) is 0 Å². The van der Waals surface area contributed by atoms with Crippen LogP contribution in [0.2, 0.25) is 0 Å². The molecule has 0 radical (unpaired) electrons. The fourth-order valence-corrected chi connectivity index (χ4v) is 2.89. The average Bonchev–Trinajstić information content (AvgIpc) is 2.77. The lowest BCUT2D eigenvalue weighted by Crippen LogP contribution is -2.22. The second-order valence-electron chi connectivity index (χ2n) is 4.19.